The maximum Gasteiger partial charge on any atom is 0.325 e. The molecular weight excluding hydrogens is 378 g/mol. The number of carbonyl (C=O) groups excluding carboxylic acids is 2. The number of hydrogen-bond acceptors (Lipinski definition) is 4. The third-order valence-corrected chi connectivity index (χ3v) is 4.59. The smallest absolute Gasteiger partial charge is 0.325 e. The van der Waals surface area contributed by atoms with Gasteiger partial charge in [0, 0.05) is 32.7 Å². The predicted octanol–water partition coefficient (Wildman–Crippen LogP) is 3.93. The highest BCUT2D eigenvalue weighted by molar-refractivity contribution is 6.30. The molecule has 0 aliphatic carbocycles. The van der Waals surface area contributed by atoms with Crippen molar-refractivity contribution in [3.8, 4) is 0 Å². The summed E-state index contributed by atoms with van der Waals surface area (Å²) in [5, 5.41) is 5.59. The lowest BCUT2D eigenvalue weighted by Crippen LogP contribution is -2.17. The van der Waals surface area contributed by atoms with E-state index in [1.807, 2.05) is 35.8 Å². The van der Waals surface area contributed by atoms with E-state index in [4.69, 9.17) is 16.3 Å². The lowest BCUT2D eigenvalue weighted by atomic mass is 10.1. The van der Waals surface area contributed by atoms with E-state index >= 15 is 0 Å². The van der Waals surface area contributed by atoms with Crippen molar-refractivity contribution in [2.75, 3.05) is 6.61 Å². The first-order valence-electron chi connectivity index (χ1n) is 8.83. The van der Waals surface area contributed by atoms with E-state index < -0.39 is 0 Å². The van der Waals surface area contributed by atoms with Gasteiger partial charge in [-0.25, -0.2) is 5.43 Å². The molecule has 0 bridgehead atoms. The van der Waals surface area contributed by atoms with E-state index in [2.05, 4.69) is 10.5 Å². The van der Waals surface area contributed by atoms with E-state index in [-0.39, 0.29) is 18.4 Å². The molecule has 0 saturated carbocycles. The second-order valence-electron chi connectivity index (χ2n) is 6.11. The minimum absolute atomic E-state index is 0.116. The van der Waals surface area contributed by atoms with Gasteiger partial charge in [0.25, 0.3) is 5.91 Å². The van der Waals surface area contributed by atoms with E-state index in [1.54, 1.807) is 37.4 Å². The van der Waals surface area contributed by atoms with Crippen molar-refractivity contribution in [1.29, 1.82) is 0 Å². The molecule has 0 saturated heterocycles. The molecule has 0 aliphatic heterocycles. The molecule has 0 fully saturated rings. The number of para-hydroxylation sites is 1. The molecule has 1 N–H and O–H groups in total. The van der Waals surface area contributed by atoms with Crippen LogP contribution in [0.4, 0.5) is 0 Å². The minimum atomic E-state index is -0.333. The topological polar surface area (TPSA) is 72.7 Å². The van der Waals surface area contributed by atoms with E-state index in [9.17, 15) is 9.59 Å². The molecule has 28 heavy (non-hydrogen) atoms. The fraction of sp³-hybridized carbons (Fsp3) is 0.190. The summed E-state index contributed by atoms with van der Waals surface area (Å²) in [5.74, 6) is -0.633. The average molecular weight is 398 g/mol. The van der Waals surface area contributed by atoms with Gasteiger partial charge >= 0.3 is 5.97 Å². The molecule has 1 amide bonds. The fourth-order valence-corrected chi connectivity index (χ4v) is 3.11. The molecule has 1 aromatic heterocycles. The Hall–Kier alpha value is -3.12. The third-order valence-electron chi connectivity index (χ3n) is 4.34. The van der Waals surface area contributed by atoms with Gasteiger partial charge in [0.1, 0.15) is 6.54 Å². The van der Waals surface area contributed by atoms with Crippen molar-refractivity contribution in [3.05, 3.63) is 70.4 Å². The molecule has 3 aromatic rings. The molecule has 0 unspecified atom stereocenters. The summed E-state index contributed by atoms with van der Waals surface area (Å²) < 4.78 is 6.95. The number of fused-ring (bicyclic) bond motifs is 1. The van der Waals surface area contributed by atoms with Crippen molar-refractivity contribution in [2.45, 2.75) is 20.4 Å². The first kappa shape index (κ1) is 19.6. The highest BCUT2D eigenvalue weighted by atomic mass is 35.5. The molecule has 7 heteroatoms. The Kier molecular flexibility index (Phi) is 6.11. The number of amides is 1. The largest absolute Gasteiger partial charge is 0.465 e. The molecule has 0 atom stereocenters. The van der Waals surface area contributed by atoms with Gasteiger partial charge in [0.05, 0.1) is 12.8 Å². The van der Waals surface area contributed by atoms with Gasteiger partial charge in [0.15, 0.2) is 0 Å². The molecule has 3 rings (SSSR count). The Bertz CT molecular complexity index is 1040. The number of rotatable bonds is 6. The van der Waals surface area contributed by atoms with Crippen LogP contribution < -0.4 is 5.43 Å². The second-order valence-corrected chi connectivity index (χ2v) is 6.55. The number of benzene rings is 2. The number of hydrazone groups is 1. The fourth-order valence-electron chi connectivity index (χ4n) is 2.98. The number of hydrogen-bond donors (Lipinski definition) is 1. The van der Waals surface area contributed by atoms with E-state index in [0.717, 1.165) is 22.2 Å². The van der Waals surface area contributed by atoms with E-state index in [0.29, 0.717) is 17.2 Å². The second kappa shape index (κ2) is 8.71. The van der Waals surface area contributed by atoms with Gasteiger partial charge in [0.2, 0.25) is 0 Å². The van der Waals surface area contributed by atoms with Crippen LogP contribution in [0.5, 0.6) is 0 Å². The highest BCUT2D eigenvalue weighted by Crippen LogP contribution is 2.24. The number of ether oxygens (including phenoxy) is 1. The van der Waals surface area contributed by atoms with Crippen LogP contribution in [0.15, 0.2) is 53.6 Å². The van der Waals surface area contributed by atoms with Gasteiger partial charge in [-0.3, -0.25) is 9.59 Å². The van der Waals surface area contributed by atoms with Crippen LogP contribution in [-0.2, 0) is 16.1 Å². The number of halogens is 1. The van der Waals surface area contributed by atoms with Gasteiger partial charge in [-0.2, -0.15) is 5.10 Å². The molecule has 0 spiro atoms. The molecule has 0 aliphatic rings. The molecule has 2 aromatic carbocycles. The molecule has 0 radical (unpaired) electrons. The van der Waals surface area contributed by atoms with Crippen LogP contribution in [0.3, 0.4) is 0 Å². The Labute approximate surface area is 167 Å². The first-order valence-corrected chi connectivity index (χ1v) is 9.21. The van der Waals surface area contributed by atoms with Crippen molar-refractivity contribution in [3.63, 3.8) is 0 Å². The monoisotopic (exact) mass is 397 g/mol. The number of esters is 1. The van der Waals surface area contributed by atoms with Gasteiger partial charge < -0.3 is 9.30 Å². The normalized spacial score (nSPS) is 11.1. The Balaban J connectivity index is 1.85. The highest BCUT2D eigenvalue weighted by Gasteiger charge is 2.15. The Morgan fingerprint density at radius 3 is 2.61 bits per heavy atom. The van der Waals surface area contributed by atoms with Crippen LogP contribution in [0.2, 0.25) is 5.02 Å². The van der Waals surface area contributed by atoms with Crippen molar-refractivity contribution >= 4 is 40.6 Å². The molecular formula is C21H20ClN3O3. The lowest BCUT2D eigenvalue weighted by molar-refractivity contribution is -0.143. The Morgan fingerprint density at radius 2 is 1.89 bits per heavy atom. The van der Waals surface area contributed by atoms with Gasteiger partial charge in [-0.15, -0.1) is 0 Å². The van der Waals surface area contributed by atoms with Crippen LogP contribution in [-0.4, -0.2) is 29.3 Å². The zero-order chi connectivity index (χ0) is 20.1. The van der Waals surface area contributed by atoms with Crippen LogP contribution in [0, 0.1) is 6.92 Å². The molecule has 6 nitrogen and oxygen atoms in total. The van der Waals surface area contributed by atoms with Crippen molar-refractivity contribution < 1.29 is 14.3 Å². The first-order chi connectivity index (χ1) is 13.5. The zero-order valence-corrected chi connectivity index (χ0v) is 16.4. The summed E-state index contributed by atoms with van der Waals surface area (Å²) in [6.07, 6.45) is 1.59. The third kappa shape index (κ3) is 4.23. The molecule has 1 heterocycles. The van der Waals surface area contributed by atoms with Crippen molar-refractivity contribution in [2.24, 2.45) is 5.10 Å². The van der Waals surface area contributed by atoms with Crippen LogP contribution in [0.1, 0.15) is 28.5 Å². The number of nitrogens with one attached hydrogen (secondary N) is 1. The summed E-state index contributed by atoms with van der Waals surface area (Å²) in [5.41, 5.74) is 5.57. The minimum Gasteiger partial charge on any atom is -0.465 e. The van der Waals surface area contributed by atoms with Crippen LogP contribution in [0.25, 0.3) is 10.9 Å². The number of carbonyl (C=O) groups is 2. The maximum absolute atomic E-state index is 12.2. The van der Waals surface area contributed by atoms with Crippen LogP contribution >= 0.6 is 11.6 Å². The average Bonchev–Trinajstić information content (AvgIpc) is 2.94. The SMILES string of the molecule is CCOC(=O)Cn1c(C)c(C=NNC(=O)c2ccc(Cl)cc2)c2ccccc21. The zero-order valence-electron chi connectivity index (χ0n) is 15.6. The Morgan fingerprint density at radius 1 is 1.18 bits per heavy atom. The van der Waals surface area contributed by atoms with Gasteiger partial charge in [-0.1, -0.05) is 29.8 Å². The summed E-state index contributed by atoms with van der Waals surface area (Å²) in [6, 6.07) is 14.3. The molecule has 144 valence electrons. The standard InChI is InChI=1S/C21H20ClN3O3/c1-3-28-20(26)13-25-14(2)18(17-6-4-5-7-19(17)25)12-23-24-21(27)15-8-10-16(22)11-9-15/h4-12H,3,13H2,1-2H3,(H,24,27). The summed E-state index contributed by atoms with van der Waals surface area (Å²) >= 11 is 5.84. The summed E-state index contributed by atoms with van der Waals surface area (Å²) in [4.78, 5) is 24.1. The maximum atomic E-state index is 12.2. The summed E-state index contributed by atoms with van der Waals surface area (Å²) in [6.45, 7) is 4.13. The quantitative estimate of drug-likeness (QED) is 0.389. The van der Waals surface area contributed by atoms with Crippen molar-refractivity contribution in [1.82, 2.24) is 9.99 Å². The van der Waals surface area contributed by atoms with E-state index in [1.165, 1.54) is 0 Å². The predicted molar refractivity (Wildman–Crippen MR) is 110 cm³/mol. The van der Waals surface area contributed by atoms with Gasteiger partial charge in [-0.05, 0) is 44.2 Å². The number of aromatic nitrogens is 1. The number of nitrogens with zero attached hydrogens (tertiary/aromatic N) is 2. The summed E-state index contributed by atoms with van der Waals surface area (Å²) in [7, 11) is 0. The lowest BCUT2D eigenvalue weighted by Gasteiger charge is -2.07.